The summed E-state index contributed by atoms with van der Waals surface area (Å²) < 4.78 is 0. The van der Waals surface area contributed by atoms with Gasteiger partial charge in [0, 0.05) is 13.6 Å². The average molecular weight is 195 g/mol. The second-order valence-electron chi connectivity index (χ2n) is 3.52. The second-order valence-corrected chi connectivity index (χ2v) is 3.52. The molecule has 0 unspecified atom stereocenters. The first-order valence-corrected chi connectivity index (χ1v) is 5.00. The normalized spacial score (nSPS) is 9.40. The van der Waals surface area contributed by atoms with E-state index in [1.165, 1.54) is 5.56 Å². The molecule has 1 heteroatoms. The molecule has 0 saturated heterocycles. The van der Waals surface area contributed by atoms with Gasteiger partial charge in [-0.2, -0.15) is 0 Å². The molecule has 0 aliphatic heterocycles. The van der Waals surface area contributed by atoms with Gasteiger partial charge in [-0.05, 0) is 23.8 Å². The lowest BCUT2D eigenvalue weighted by molar-refractivity contribution is 0.924. The summed E-state index contributed by atoms with van der Waals surface area (Å²) in [6.45, 7) is 0.898. The highest BCUT2D eigenvalue weighted by Crippen LogP contribution is 2.11. The van der Waals surface area contributed by atoms with E-state index in [9.17, 15) is 0 Å². The molecule has 2 aromatic carbocycles. The third-order valence-electron chi connectivity index (χ3n) is 2.31. The summed E-state index contributed by atoms with van der Waals surface area (Å²) in [6, 6.07) is 22.3. The predicted molar refractivity (Wildman–Crippen MR) is 62.7 cm³/mol. The fourth-order valence-electron chi connectivity index (χ4n) is 1.51. The highest BCUT2D eigenvalue weighted by Gasteiger charge is 1.99. The van der Waals surface area contributed by atoms with Gasteiger partial charge in [-0.15, -0.1) is 0 Å². The molecule has 2 aromatic rings. The van der Waals surface area contributed by atoms with E-state index in [1.54, 1.807) is 0 Å². The Morgan fingerprint density at radius 1 is 1.07 bits per heavy atom. The van der Waals surface area contributed by atoms with E-state index in [-0.39, 0.29) is 0 Å². The molecule has 0 saturated carbocycles. The van der Waals surface area contributed by atoms with Crippen LogP contribution in [0.1, 0.15) is 5.56 Å². The first-order chi connectivity index (χ1) is 7.36. The van der Waals surface area contributed by atoms with E-state index in [2.05, 4.69) is 48.3 Å². The van der Waals surface area contributed by atoms with E-state index in [0.717, 1.165) is 12.2 Å². The van der Waals surface area contributed by atoms with Crippen LogP contribution in [0.15, 0.2) is 48.5 Å². The lowest BCUT2D eigenvalue weighted by Crippen LogP contribution is -2.15. The van der Waals surface area contributed by atoms with Crippen LogP contribution in [0.5, 0.6) is 0 Å². The van der Waals surface area contributed by atoms with Gasteiger partial charge in [0.2, 0.25) is 0 Å². The molecular weight excluding hydrogens is 182 g/mol. The fraction of sp³-hybridized carbons (Fsp3) is 0.143. The van der Waals surface area contributed by atoms with Crippen molar-refractivity contribution in [1.29, 1.82) is 0 Å². The summed E-state index contributed by atoms with van der Waals surface area (Å²) in [5.74, 6) is 0. The molecule has 0 atom stereocenters. The van der Waals surface area contributed by atoms with Crippen LogP contribution in [-0.4, -0.2) is 7.05 Å². The van der Waals surface area contributed by atoms with Crippen molar-refractivity contribution >= 4 is 5.69 Å². The SMILES string of the molecule is CN(Cc1ccccc1)c1c#cccc1. The molecule has 0 heterocycles. The summed E-state index contributed by atoms with van der Waals surface area (Å²) in [6.07, 6.45) is 0. The van der Waals surface area contributed by atoms with Crippen LogP contribution < -0.4 is 4.90 Å². The Kier molecular flexibility index (Phi) is 2.90. The van der Waals surface area contributed by atoms with Crippen LogP contribution in [-0.2, 0) is 6.54 Å². The van der Waals surface area contributed by atoms with Crippen molar-refractivity contribution in [2.24, 2.45) is 0 Å². The molecule has 0 aliphatic rings. The van der Waals surface area contributed by atoms with Gasteiger partial charge in [0.1, 0.15) is 0 Å². The molecule has 0 fully saturated rings. The maximum atomic E-state index is 3.09. The third kappa shape index (κ3) is 2.51. The highest BCUT2D eigenvalue weighted by molar-refractivity contribution is 5.42. The summed E-state index contributed by atoms with van der Waals surface area (Å²) in [5, 5.41) is 0. The molecule has 0 radical (unpaired) electrons. The number of anilines is 1. The number of hydrogen-bond acceptors (Lipinski definition) is 1. The molecule has 0 amide bonds. The molecule has 0 spiro atoms. The highest BCUT2D eigenvalue weighted by atomic mass is 15.1. The van der Waals surface area contributed by atoms with E-state index in [1.807, 2.05) is 24.3 Å². The van der Waals surface area contributed by atoms with Crippen LogP contribution >= 0.6 is 0 Å². The Labute approximate surface area is 91.0 Å². The first kappa shape index (κ1) is 9.61. The van der Waals surface area contributed by atoms with Gasteiger partial charge >= 0.3 is 0 Å². The first-order valence-electron chi connectivity index (χ1n) is 5.00. The maximum absolute atomic E-state index is 3.09. The van der Waals surface area contributed by atoms with Crippen molar-refractivity contribution in [3.05, 3.63) is 66.2 Å². The van der Waals surface area contributed by atoms with E-state index < -0.39 is 0 Å². The molecule has 2 rings (SSSR count). The van der Waals surface area contributed by atoms with Crippen molar-refractivity contribution in [2.75, 3.05) is 11.9 Å². The zero-order valence-corrected chi connectivity index (χ0v) is 8.77. The maximum Gasteiger partial charge on any atom is 0.0883 e. The minimum Gasteiger partial charge on any atom is -0.363 e. The number of benzene rings is 1. The Balaban J connectivity index is 2.08. The molecule has 1 nitrogen and oxygen atoms in total. The number of nitrogens with zero attached hydrogens (tertiary/aromatic N) is 1. The zero-order chi connectivity index (χ0) is 10.5. The van der Waals surface area contributed by atoms with Crippen molar-refractivity contribution in [1.82, 2.24) is 0 Å². The van der Waals surface area contributed by atoms with Crippen LogP contribution in [0.2, 0.25) is 0 Å². The van der Waals surface area contributed by atoms with E-state index >= 15 is 0 Å². The molecule has 0 aromatic heterocycles. The Morgan fingerprint density at radius 2 is 1.87 bits per heavy atom. The Morgan fingerprint density at radius 3 is 2.53 bits per heavy atom. The smallest absolute Gasteiger partial charge is 0.0883 e. The zero-order valence-electron chi connectivity index (χ0n) is 8.77. The largest absolute Gasteiger partial charge is 0.363 e. The van der Waals surface area contributed by atoms with E-state index in [4.69, 9.17) is 0 Å². The molecular formula is C14H13N. The monoisotopic (exact) mass is 195 g/mol. The molecule has 0 bridgehead atoms. The van der Waals surface area contributed by atoms with Gasteiger partial charge in [-0.1, -0.05) is 42.5 Å². The van der Waals surface area contributed by atoms with Gasteiger partial charge in [0.05, 0.1) is 5.69 Å². The third-order valence-corrected chi connectivity index (χ3v) is 2.31. The topological polar surface area (TPSA) is 3.24 Å². The number of rotatable bonds is 3. The predicted octanol–water partition coefficient (Wildman–Crippen LogP) is 2.92. The van der Waals surface area contributed by atoms with Gasteiger partial charge in [0.15, 0.2) is 0 Å². The summed E-state index contributed by atoms with van der Waals surface area (Å²) >= 11 is 0. The van der Waals surface area contributed by atoms with Crippen molar-refractivity contribution in [3.8, 4) is 0 Å². The van der Waals surface area contributed by atoms with Crippen LogP contribution in [0.25, 0.3) is 0 Å². The number of hydrogen-bond donors (Lipinski definition) is 0. The van der Waals surface area contributed by atoms with Gasteiger partial charge in [0.25, 0.3) is 0 Å². The second kappa shape index (κ2) is 4.52. The quantitative estimate of drug-likeness (QED) is 0.728. The molecule has 0 N–H and O–H groups in total. The molecule has 74 valence electrons. The van der Waals surface area contributed by atoms with E-state index in [0.29, 0.717) is 0 Å². The fourth-order valence-corrected chi connectivity index (χ4v) is 1.51. The summed E-state index contributed by atoms with van der Waals surface area (Å²) in [5.41, 5.74) is 2.37. The minimum atomic E-state index is 0.898. The van der Waals surface area contributed by atoms with Crippen LogP contribution in [0, 0.1) is 12.1 Å². The van der Waals surface area contributed by atoms with Crippen molar-refractivity contribution < 1.29 is 0 Å². The van der Waals surface area contributed by atoms with Crippen LogP contribution in [0.3, 0.4) is 0 Å². The standard InChI is InChI=1S/C14H13N/c1-15(14-10-6-3-7-11-14)12-13-8-4-2-5-9-13/h2-6,8-10H,12H2,1H3. The molecule has 0 aliphatic carbocycles. The molecule has 15 heavy (non-hydrogen) atoms. The Hall–Kier alpha value is -1.94. The van der Waals surface area contributed by atoms with Crippen molar-refractivity contribution in [2.45, 2.75) is 6.54 Å². The minimum absolute atomic E-state index is 0.898. The average Bonchev–Trinajstić information content (AvgIpc) is 2.31. The summed E-state index contributed by atoms with van der Waals surface area (Å²) in [7, 11) is 2.06. The lowest BCUT2D eigenvalue weighted by Gasteiger charge is -2.17. The van der Waals surface area contributed by atoms with Crippen molar-refractivity contribution in [3.63, 3.8) is 0 Å². The van der Waals surface area contributed by atoms with Gasteiger partial charge in [-0.25, -0.2) is 0 Å². The lowest BCUT2D eigenvalue weighted by atomic mass is 10.2. The summed E-state index contributed by atoms with van der Waals surface area (Å²) in [4.78, 5) is 2.16. The van der Waals surface area contributed by atoms with Gasteiger partial charge in [-0.3, -0.25) is 0 Å². The van der Waals surface area contributed by atoms with Crippen LogP contribution in [0.4, 0.5) is 5.69 Å². The van der Waals surface area contributed by atoms with Gasteiger partial charge < -0.3 is 4.90 Å². The Bertz CT molecular complexity index is 394.